The Kier molecular flexibility index (Phi) is 5.22. The summed E-state index contributed by atoms with van der Waals surface area (Å²) in [6, 6.07) is 11.5. The molecule has 1 amide bonds. The number of hydrogen-bond donors (Lipinski definition) is 0. The number of fused-ring (bicyclic) bond motifs is 1. The Morgan fingerprint density at radius 3 is 2.56 bits per heavy atom. The molecule has 5 nitrogen and oxygen atoms in total. The summed E-state index contributed by atoms with van der Waals surface area (Å²) in [6.07, 6.45) is 3.14. The van der Waals surface area contributed by atoms with Crippen molar-refractivity contribution in [3.63, 3.8) is 0 Å². The molecule has 2 aromatic carbocycles. The molecule has 0 aliphatic carbocycles. The number of nitrogens with zero attached hydrogens (tertiary/aromatic N) is 1. The molecule has 0 bridgehead atoms. The van der Waals surface area contributed by atoms with E-state index in [0.717, 1.165) is 36.6 Å². The summed E-state index contributed by atoms with van der Waals surface area (Å²) in [5.41, 5.74) is 0.334. The number of rotatable bonds is 4. The van der Waals surface area contributed by atoms with E-state index in [1.807, 2.05) is 31.2 Å². The molecule has 1 fully saturated rings. The number of carbonyl (C=O) groups is 2. The zero-order valence-electron chi connectivity index (χ0n) is 14.7. The molecule has 1 heterocycles. The summed E-state index contributed by atoms with van der Waals surface area (Å²) in [4.78, 5) is 26.6. The van der Waals surface area contributed by atoms with E-state index in [2.05, 4.69) is 0 Å². The summed E-state index contributed by atoms with van der Waals surface area (Å²) in [6.45, 7) is 2.53. The van der Waals surface area contributed by atoms with Gasteiger partial charge in [-0.25, -0.2) is 4.79 Å². The molecule has 0 aromatic heterocycles. The standard InChI is InChI=1S/C20H23NO4/c1-14-7-5-6-10-21(14)19(22)13-25-20(23)17-11-15-8-3-4-9-16(15)12-18(17)24-2/h3-4,8-9,11-12,14H,5-7,10,13H2,1-2H3. The minimum Gasteiger partial charge on any atom is -0.496 e. The lowest BCUT2D eigenvalue weighted by atomic mass is 10.0. The Bertz CT molecular complexity index is 786. The zero-order chi connectivity index (χ0) is 17.8. The van der Waals surface area contributed by atoms with Gasteiger partial charge >= 0.3 is 5.97 Å². The van der Waals surface area contributed by atoms with E-state index in [1.54, 1.807) is 17.0 Å². The Balaban J connectivity index is 1.72. The number of amides is 1. The van der Waals surface area contributed by atoms with Crippen LogP contribution in [0.4, 0.5) is 0 Å². The van der Waals surface area contributed by atoms with Gasteiger partial charge in [0.05, 0.1) is 7.11 Å². The number of likely N-dealkylation sites (tertiary alicyclic amines) is 1. The fourth-order valence-corrected chi connectivity index (χ4v) is 3.30. The van der Waals surface area contributed by atoms with E-state index < -0.39 is 5.97 Å². The number of ether oxygens (including phenoxy) is 2. The lowest BCUT2D eigenvalue weighted by Gasteiger charge is -2.33. The number of carbonyl (C=O) groups excluding carboxylic acids is 2. The van der Waals surface area contributed by atoms with Gasteiger partial charge in [-0.05, 0) is 49.1 Å². The average molecular weight is 341 g/mol. The fourth-order valence-electron chi connectivity index (χ4n) is 3.30. The third-order valence-corrected chi connectivity index (χ3v) is 4.74. The number of benzene rings is 2. The van der Waals surface area contributed by atoms with Gasteiger partial charge in [-0.1, -0.05) is 24.3 Å². The number of piperidine rings is 1. The first-order valence-electron chi connectivity index (χ1n) is 8.63. The minimum atomic E-state index is -0.541. The predicted molar refractivity (Wildman–Crippen MR) is 95.8 cm³/mol. The smallest absolute Gasteiger partial charge is 0.342 e. The normalized spacial score (nSPS) is 17.4. The van der Waals surface area contributed by atoms with E-state index in [-0.39, 0.29) is 18.6 Å². The summed E-state index contributed by atoms with van der Waals surface area (Å²) >= 11 is 0. The summed E-state index contributed by atoms with van der Waals surface area (Å²) < 4.78 is 10.6. The van der Waals surface area contributed by atoms with Crippen LogP contribution in [0.15, 0.2) is 36.4 Å². The van der Waals surface area contributed by atoms with E-state index in [9.17, 15) is 9.59 Å². The molecule has 0 spiro atoms. The first-order chi connectivity index (χ1) is 12.1. The maximum atomic E-state index is 12.5. The molecule has 0 N–H and O–H groups in total. The van der Waals surface area contributed by atoms with E-state index in [4.69, 9.17) is 9.47 Å². The molecule has 1 aliphatic heterocycles. The molecule has 1 atom stereocenters. The maximum absolute atomic E-state index is 12.5. The van der Waals surface area contributed by atoms with Gasteiger partial charge in [0, 0.05) is 12.6 Å². The molecule has 1 aliphatic rings. The molecule has 0 saturated carbocycles. The predicted octanol–water partition coefficient (Wildman–Crippen LogP) is 3.41. The van der Waals surface area contributed by atoms with Crippen molar-refractivity contribution in [1.82, 2.24) is 4.90 Å². The highest BCUT2D eigenvalue weighted by atomic mass is 16.5. The van der Waals surface area contributed by atoms with Crippen molar-refractivity contribution >= 4 is 22.6 Å². The van der Waals surface area contributed by atoms with Gasteiger partial charge in [-0.2, -0.15) is 0 Å². The molecule has 0 radical (unpaired) electrons. The summed E-state index contributed by atoms with van der Waals surface area (Å²) in [5, 5.41) is 1.90. The third kappa shape index (κ3) is 3.76. The lowest BCUT2D eigenvalue weighted by molar-refractivity contribution is -0.137. The highest BCUT2D eigenvalue weighted by Crippen LogP contribution is 2.26. The highest BCUT2D eigenvalue weighted by Gasteiger charge is 2.24. The van der Waals surface area contributed by atoms with Crippen LogP contribution in [0.1, 0.15) is 36.5 Å². The van der Waals surface area contributed by atoms with Crippen molar-refractivity contribution in [2.24, 2.45) is 0 Å². The summed E-state index contributed by atoms with van der Waals surface area (Å²) in [7, 11) is 1.52. The third-order valence-electron chi connectivity index (χ3n) is 4.74. The van der Waals surface area contributed by atoms with Crippen LogP contribution in [-0.2, 0) is 9.53 Å². The topological polar surface area (TPSA) is 55.8 Å². The quantitative estimate of drug-likeness (QED) is 0.800. The second kappa shape index (κ2) is 7.55. The molecular formula is C20H23NO4. The van der Waals surface area contributed by atoms with Crippen molar-refractivity contribution in [1.29, 1.82) is 0 Å². The van der Waals surface area contributed by atoms with E-state index in [1.165, 1.54) is 7.11 Å². The van der Waals surface area contributed by atoms with Crippen LogP contribution in [-0.4, -0.2) is 43.1 Å². The highest BCUT2D eigenvalue weighted by molar-refractivity contribution is 5.99. The van der Waals surface area contributed by atoms with Gasteiger partial charge in [-0.3, -0.25) is 4.79 Å². The molecule has 5 heteroatoms. The van der Waals surface area contributed by atoms with Crippen molar-refractivity contribution in [3.05, 3.63) is 42.0 Å². The minimum absolute atomic E-state index is 0.139. The molecule has 1 saturated heterocycles. The van der Waals surface area contributed by atoms with Gasteiger partial charge < -0.3 is 14.4 Å². The van der Waals surface area contributed by atoms with Crippen LogP contribution in [0, 0.1) is 0 Å². The average Bonchev–Trinajstić information content (AvgIpc) is 2.65. The zero-order valence-corrected chi connectivity index (χ0v) is 14.7. The van der Waals surface area contributed by atoms with Gasteiger partial charge in [0.25, 0.3) is 5.91 Å². The monoisotopic (exact) mass is 341 g/mol. The molecule has 25 heavy (non-hydrogen) atoms. The van der Waals surface area contributed by atoms with Crippen LogP contribution >= 0.6 is 0 Å². The van der Waals surface area contributed by atoms with Crippen molar-refractivity contribution < 1.29 is 19.1 Å². The molecular weight excluding hydrogens is 318 g/mol. The Labute approximate surface area is 147 Å². The van der Waals surface area contributed by atoms with Crippen molar-refractivity contribution in [3.8, 4) is 5.75 Å². The van der Waals surface area contributed by atoms with Crippen LogP contribution in [0.3, 0.4) is 0 Å². The summed E-state index contributed by atoms with van der Waals surface area (Å²) in [5.74, 6) is -0.233. The number of methoxy groups -OCH3 is 1. The van der Waals surface area contributed by atoms with Gasteiger partial charge in [-0.15, -0.1) is 0 Å². The molecule has 132 valence electrons. The molecule has 2 aromatic rings. The van der Waals surface area contributed by atoms with E-state index in [0.29, 0.717) is 11.3 Å². The second-order valence-electron chi connectivity index (χ2n) is 6.41. The van der Waals surface area contributed by atoms with Gasteiger partial charge in [0.15, 0.2) is 6.61 Å². The first kappa shape index (κ1) is 17.3. The number of hydrogen-bond acceptors (Lipinski definition) is 4. The Morgan fingerprint density at radius 2 is 1.88 bits per heavy atom. The number of esters is 1. The van der Waals surface area contributed by atoms with Crippen LogP contribution in [0.5, 0.6) is 5.75 Å². The largest absolute Gasteiger partial charge is 0.496 e. The van der Waals surface area contributed by atoms with Crippen molar-refractivity contribution in [2.45, 2.75) is 32.2 Å². The van der Waals surface area contributed by atoms with Crippen LogP contribution in [0.2, 0.25) is 0 Å². The van der Waals surface area contributed by atoms with Crippen LogP contribution < -0.4 is 4.74 Å². The Morgan fingerprint density at radius 1 is 1.16 bits per heavy atom. The first-order valence-corrected chi connectivity index (χ1v) is 8.63. The fraction of sp³-hybridized carbons (Fsp3) is 0.400. The molecule has 3 rings (SSSR count). The SMILES string of the molecule is COc1cc2ccccc2cc1C(=O)OCC(=O)N1CCCCC1C. The van der Waals surface area contributed by atoms with Crippen molar-refractivity contribution in [2.75, 3.05) is 20.3 Å². The van der Waals surface area contributed by atoms with E-state index >= 15 is 0 Å². The Hall–Kier alpha value is -2.56. The maximum Gasteiger partial charge on any atom is 0.342 e. The van der Waals surface area contributed by atoms with Crippen LogP contribution in [0.25, 0.3) is 10.8 Å². The lowest BCUT2D eigenvalue weighted by Crippen LogP contribution is -2.44. The van der Waals surface area contributed by atoms with Gasteiger partial charge in [0.1, 0.15) is 11.3 Å². The molecule has 1 unspecified atom stereocenters. The second-order valence-corrected chi connectivity index (χ2v) is 6.41. The van der Waals surface area contributed by atoms with Gasteiger partial charge in [0.2, 0.25) is 0 Å².